The molecule has 0 saturated heterocycles. The lowest BCUT2D eigenvalue weighted by Crippen LogP contribution is -2.32. The fraction of sp³-hybridized carbons (Fsp3) is 0.733. The maximum Gasteiger partial charge on any atom is 0.195 e. The van der Waals surface area contributed by atoms with Gasteiger partial charge in [0.1, 0.15) is 5.78 Å². The van der Waals surface area contributed by atoms with E-state index < -0.39 is 0 Å². The second-order valence-corrected chi connectivity index (χ2v) is 6.84. The van der Waals surface area contributed by atoms with Crippen LogP contribution in [-0.2, 0) is 9.59 Å². The molecule has 2 rings (SSSR count). The average molecular weight is 360 g/mol. The Morgan fingerprint density at radius 3 is 2.11 bits per heavy atom. The Labute approximate surface area is 123 Å². The zero-order valence-electron chi connectivity index (χ0n) is 10.9. The lowest BCUT2D eigenvalue weighted by molar-refractivity contribution is -0.130. The summed E-state index contributed by atoms with van der Waals surface area (Å²) >= 11 is 1.90. The van der Waals surface area contributed by atoms with Crippen LogP contribution >= 0.6 is 22.6 Å². The number of carbonyl (C=O) groups is 2. The van der Waals surface area contributed by atoms with Crippen molar-refractivity contribution < 1.29 is 9.59 Å². The third-order valence-electron chi connectivity index (χ3n) is 4.57. The van der Waals surface area contributed by atoms with Crippen LogP contribution in [0.4, 0.5) is 0 Å². The van der Waals surface area contributed by atoms with Crippen LogP contribution in [0.2, 0.25) is 0 Å². The van der Waals surface area contributed by atoms with Crippen LogP contribution in [0.3, 0.4) is 0 Å². The fourth-order valence-electron chi connectivity index (χ4n) is 3.25. The molecule has 0 radical (unpaired) electrons. The molecule has 18 heavy (non-hydrogen) atoms. The normalized spacial score (nSPS) is 36.3. The van der Waals surface area contributed by atoms with Crippen LogP contribution < -0.4 is 0 Å². The van der Waals surface area contributed by atoms with Gasteiger partial charge in [-0.1, -0.05) is 19.1 Å². The third-order valence-corrected chi connectivity index (χ3v) is 5.45. The summed E-state index contributed by atoms with van der Waals surface area (Å²) in [6, 6.07) is 0. The average Bonchev–Trinajstić information content (AvgIpc) is 2.38. The van der Waals surface area contributed by atoms with Gasteiger partial charge in [0.15, 0.2) is 3.79 Å². The Balaban J connectivity index is 1.91. The number of ketones is 1. The van der Waals surface area contributed by atoms with Crippen LogP contribution in [0.25, 0.3) is 0 Å². The highest BCUT2D eigenvalue weighted by molar-refractivity contribution is 14.1. The molecule has 0 bridgehead atoms. The first-order valence-corrected chi connectivity index (χ1v) is 8.05. The molecule has 2 aliphatic carbocycles. The predicted molar refractivity (Wildman–Crippen MR) is 80.5 cm³/mol. The number of hydrogen-bond donors (Lipinski definition) is 0. The molecule has 0 N–H and O–H groups in total. The van der Waals surface area contributed by atoms with Gasteiger partial charge in [0.25, 0.3) is 0 Å². The van der Waals surface area contributed by atoms with Crippen LogP contribution in [-0.4, -0.2) is 9.57 Å². The highest BCUT2D eigenvalue weighted by Gasteiger charge is 2.34. The summed E-state index contributed by atoms with van der Waals surface area (Å²) in [6.45, 7) is 2.19. The summed E-state index contributed by atoms with van der Waals surface area (Å²) in [6.07, 6.45) is 9.98. The molecule has 0 aromatic rings. The molecule has 2 aliphatic rings. The highest BCUT2D eigenvalue weighted by Crippen LogP contribution is 2.36. The van der Waals surface area contributed by atoms with Crippen molar-refractivity contribution in [1.82, 2.24) is 0 Å². The van der Waals surface area contributed by atoms with Crippen molar-refractivity contribution in [2.75, 3.05) is 0 Å². The Bertz CT molecular complexity index is 354. The van der Waals surface area contributed by atoms with Crippen molar-refractivity contribution in [3.05, 3.63) is 12.2 Å². The maximum atomic E-state index is 12.5. The topological polar surface area (TPSA) is 34.1 Å². The molecule has 0 aromatic carbocycles. The molecule has 3 heteroatoms. The summed E-state index contributed by atoms with van der Waals surface area (Å²) < 4.78 is 0.271. The van der Waals surface area contributed by atoms with E-state index in [1.165, 1.54) is 0 Å². The quantitative estimate of drug-likeness (QED) is 0.434. The van der Waals surface area contributed by atoms with Crippen molar-refractivity contribution in [3.8, 4) is 0 Å². The largest absolute Gasteiger partial charge is 0.299 e. The molecular formula is C15H21IO2. The molecule has 0 aromatic heterocycles. The van der Waals surface area contributed by atoms with E-state index in [1.807, 2.05) is 22.6 Å². The minimum Gasteiger partial charge on any atom is -0.299 e. The number of halogens is 1. The van der Waals surface area contributed by atoms with Crippen LogP contribution in [0.15, 0.2) is 12.2 Å². The smallest absolute Gasteiger partial charge is 0.195 e. The summed E-state index contributed by atoms with van der Waals surface area (Å²) in [5, 5.41) is 0. The Morgan fingerprint density at radius 2 is 1.56 bits per heavy atom. The van der Waals surface area contributed by atoms with Crippen LogP contribution in [0.1, 0.15) is 45.4 Å². The number of carbonyl (C=O) groups excluding carboxylic acids is 2. The van der Waals surface area contributed by atoms with E-state index in [-0.39, 0.29) is 21.5 Å². The Morgan fingerprint density at radius 1 is 1.00 bits per heavy atom. The lowest BCUT2D eigenvalue weighted by atomic mass is 9.72. The minimum atomic E-state index is 0.207. The molecule has 0 aliphatic heterocycles. The zero-order valence-corrected chi connectivity index (χ0v) is 13.1. The molecule has 0 amide bonds. The standard InChI is InChI=1S/C15H21IO2/c1-10-4-2-3-5-13(10)14(17)11-6-8-12(9-7-11)15(16)18/h2-3,10-13H,4-9H2,1H3. The van der Waals surface area contributed by atoms with Gasteiger partial charge in [-0.15, -0.1) is 0 Å². The molecule has 100 valence electrons. The Kier molecular flexibility index (Phi) is 4.98. The van der Waals surface area contributed by atoms with Crippen molar-refractivity contribution >= 4 is 32.2 Å². The van der Waals surface area contributed by atoms with E-state index in [2.05, 4.69) is 19.1 Å². The van der Waals surface area contributed by atoms with E-state index in [0.29, 0.717) is 11.7 Å². The lowest BCUT2D eigenvalue weighted by Gasteiger charge is -2.31. The number of allylic oxidation sites excluding steroid dienone is 2. The summed E-state index contributed by atoms with van der Waals surface area (Å²) in [5.41, 5.74) is 0. The van der Waals surface area contributed by atoms with Gasteiger partial charge < -0.3 is 0 Å². The predicted octanol–water partition coefficient (Wildman–Crippen LogP) is 3.93. The van der Waals surface area contributed by atoms with Gasteiger partial charge >= 0.3 is 0 Å². The van der Waals surface area contributed by atoms with E-state index in [0.717, 1.165) is 38.5 Å². The second kappa shape index (κ2) is 6.31. The molecule has 0 heterocycles. The second-order valence-electron chi connectivity index (χ2n) is 5.78. The minimum absolute atomic E-state index is 0.207. The van der Waals surface area contributed by atoms with Crippen molar-refractivity contribution in [1.29, 1.82) is 0 Å². The van der Waals surface area contributed by atoms with Gasteiger partial charge in [-0.25, -0.2) is 0 Å². The van der Waals surface area contributed by atoms with Gasteiger partial charge in [-0.2, -0.15) is 0 Å². The van der Waals surface area contributed by atoms with Crippen LogP contribution in [0, 0.1) is 23.7 Å². The molecular weight excluding hydrogens is 339 g/mol. The molecule has 0 spiro atoms. The fourth-order valence-corrected chi connectivity index (χ4v) is 3.88. The SMILES string of the molecule is CC1CC=CCC1C(=O)C1CCC(C(=O)I)CC1. The van der Waals surface area contributed by atoms with Crippen molar-refractivity contribution in [2.45, 2.75) is 45.4 Å². The zero-order chi connectivity index (χ0) is 13.1. The van der Waals surface area contributed by atoms with E-state index >= 15 is 0 Å². The Hall–Kier alpha value is -0.190. The van der Waals surface area contributed by atoms with Gasteiger partial charge in [0.2, 0.25) is 0 Å². The van der Waals surface area contributed by atoms with Gasteiger partial charge in [-0.05, 0) is 67.0 Å². The van der Waals surface area contributed by atoms with Gasteiger partial charge in [-0.3, -0.25) is 9.59 Å². The van der Waals surface area contributed by atoms with E-state index in [9.17, 15) is 9.59 Å². The number of rotatable bonds is 3. The highest BCUT2D eigenvalue weighted by atomic mass is 127. The van der Waals surface area contributed by atoms with Crippen LogP contribution in [0.5, 0.6) is 0 Å². The van der Waals surface area contributed by atoms with Gasteiger partial charge in [0.05, 0.1) is 0 Å². The summed E-state index contributed by atoms with van der Waals surface area (Å²) in [7, 11) is 0. The first-order valence-electron chi connectivity index (χ1n) is 6.97. The molecule has 1 saturated carbocycles. The number of hydrogen-bond acceptors (Lipinski definition) is 2. The monoisotopic (exact) mass is 360 g/mol. The van der Waals surface area contributed by atoms with E-state index in [4.69, 9.17) is 0 Å². The van der Waals surface area contributed by atoms with Crippen molar-refractivity contribution in [3.63, 3.8) is 0 Å². The van der Waals surface area contributed by atoms with Crippen molar-refractivity contribution in [2.24, 2.45) is 23.7 Å². The molecule has 2 nitrogen and oxygen atoms in total. The first kappa shape index (κ1) is 14.2. The molecule has 2 atom stereocenters. The molecule has 2 unspecified atom stereocenters. The summed E-state index contributed by atoms with van der Waals surface area (Å²) in [4.78, 5) is 23.8. The molecule has 1 fully saturated rings. The number of Topliss-reactive ketones (excluding diaryl/α,β-unsaturated/α-hetero) is 1. The van der Waals surface area contributed by atoms with Gasteiger partial charge in [0, 0.05) is 17.8 Å². The third kappa shape index (κ3) is 3.22. The first-order chi connectivity index (χ1) is 8.59. The van der Waals surface area contributed by atoms with E-state index in [1.54, 1.807) is 0 Å². The maximum absolute atomic E-state index is 12.5. The summed E-state index contributed by atoms with van der Waals surface area (Å²) in [5.74, 6) is 1.61.